The van der Waals surface area contributed by atoms with Crippen molar-refractivity contribution in [2.75, 3.05) is 18.0 Å². The lowest BCUT2D eigenvalue weighted by molar-refractivity contribution is 0.100. The molecule has 0 radical (unpaired) electrons. The zero-order chi connectivity index (χ0) is 13.8. The summed E-state index contributed by atoms with van der Waals surface area (Å²) in [7, 11) is 0. The van der Waals surface area contributed by atoms with Gasteiger partial charge in [0.1, 0.15) is 12.7 Å². The van der Waals surface area contributed by atoms with Gasteiger partial charge in [-0.2, -0.15) is 0 Å². The van der Waals surface area contributed by atoms with Gasteiger partial charge in [-0.1, -0.05) is 0 Å². The molecule has 0 saturated carbocycles. The van der Waals surface area contributed by atoms with Gasteiger partial charge in [0, 0.05) is 24.5 Å². The molecule has 1 heterocycles. The van der Waals surface area contributed by atoms with Crippen molar-refractivity contribution in [3.63, 3.8) is 0 Å². The average Bonchev–Trinajstić information content (AvgIpc) is 2.94. The molecule has 1 aromatic carbocycles. The summed E-state index contributed by atoms with van der Waals surface area (Å²) < 4.78 is 1.73. The largest absolute Gasteiger partial charge is 0.371 e. The third kappa shape index (κ3) is 2.57. The van der Waals surface area contributed by atoms with Gasteiger partial charge >= 0.3 is 0 Å². The minimum absolute atomic E-state index is 0.433. The number of hydrogen-bond donors (Lipinski definition) is 1. The van der Waals surface area contributed by atoms with Crippen molar-refractivity contribution in [2.45, 2.75) is 13.8 Å². The molecule has 2 N–H and O–H groups in total. The average molecular weight is 259 g/mol. The number of amides is 1. The lowest BCUT2D eigenvalue weighted by Crippen LogP contribution is -2.26. The molecule has 0 aliphatic carbocycles. The van der Waals surface area contributed by atoms with Crippen LogP contribution in [0.5, 0.6) is 0 Å². The molecule has 0 fully saturated rings. The standard InChI is InChI=1S/C13H17N5O/c1-3-17(4-2)12-6-5-10(7-11(12)13(14)19)18-8-15-16-9-18/h5-9H,3-4H2,1-2H3,(H2,14,19). The molecule has 1 aromatic heterocycles. The second kappa shape index (κ2) is 5.51. The summed E-state index contributed by atoms with van der Waals surface area (Å²) in [5, 5.41) is 7.50. The SMILES string of the molecule is CCN(CC)c1ccc(-n2cnnc2)cc1C(N)=O. The number of rotatable bonds is 5. The Kier molecular flexibility index (Phi) is 3.79. The van der Waals surface area contributed by atoms with Crippen LogP contribution in [-0.4, -0.2) is 33.8 Å². The topological polar surface area (TPSA) is 77.0 Å². The summed E-state index contributed by atoms with van der Waals surface area (Å²) in [6, 6.07) is 5.59. The summed E-state index contributed by atoms with van der Waals surface area (Å²) in [5.74, 6) is -0.433. The molecule has 0 saturated heterocycles. The molecule has 6 nitrogen and oxygen atoms in total. The first-order chi connectivity index (χ1) is 9.17. The minimum Gasteiger partial charge on any atom is -0.371 e. The molecule has 0 unspecified atom stereocenters. The van der Waals surface area contributed by atoms with Crippen molar-refractivity contribution < 1.29 is 4.79 Å². The van der Waals surface area contributed by atoms with E-state index in [1.165, 1.54) is 0 Å². The summed E-state index contributed by atoms with van der Waals surface area (Å²) in [4.78, 5) is 13.7. The van der Waals surface area contributed by atoms with Gasteiger partial charge in [0.25, 0.3) is 5.91 Å². The highest BCUT2D eigenvalue weighted by atomic mass is 16.1. The predicted octanol–water partition coefficient (Wildman–Crippen LogP) is 1.21. The van der Waals surface area contributed by atoms with E-state index in [4.69, 9.17) is 5.73 Å². The number of carbonyl (C=O) groups is 1. The van der Waals surface area contributed by atoms with Crippen LogP contribution in [-0.2, 0) is 0 Å². The predicted molar refractivity (Wildman–Crippen MR) is 73.4 cm³/mol. The van der Waals surface area contributed by atoms with E-state index in [0.717, 1.165) is 24.5 Å². The van der Waals surface area contributed by atoms with Gasteiger partial charge in [0.05, 0.1) is 5.56 Å². The summed E-state index contributed by atoms with van der Waals surface area (Å²) in [6.07, 6.45) is 3.16. The fourth-order valence-electron chi connectivity index (χ4n) is 2.06. The van der Waals surface area contributed by atoms with Crippen LogP contribution < -0.4 is 10.6 Å². The van der Waals surface area contributed by atoms with E-state index < -0.39 is 5.91 Å². The smallest absolute Gasteiger partial charge is 0.250 e. The number of primary amides is 1. The monoisotopic (exact) mass is 259 g/mol. The fourth-order valence-corrected chi connectivity index (χ4v) is 2.06. The highest BCUT2D eigenvalue weighted by Gasteiger charge is 2.14. The van der Waals surface area contributed by atoms with Crippen LogP contribution in [0.2, 0.25) is 0 Å². The molecule has 6 heteroatoms. The summed E-state index contributed by atoms with van der Waals surface area (Å²) in [6.45, 7) is 5.73. The third-order valence-corrected chi connectivity index (χ3v) is 3.07. The van der Waals surface area contributed by atoms with Gasteiger partial charge in [-0.15, -0.1) is 10.2 Å². The Labute approximate surface area is 111 Å². The van der Waals surface area contributed by atoms with Crippen LogP contribution in [0.4, 0.5) is 5.69 Å². The molecular weight excluding hydrogens is 242 g/mol. The van der Waals surface area contributed by atoms with Gasteiger partial charge in [0.15, 0.2) is 0 Å². The molecule has 0 bridgehead atoms. The van der Waals surface area contributed by atoms with Gasteiger partial charge in [0.2, 0.25) is 0 Å². The maximum absolute atomic E-state index is 11.6. The van der Waals surface area contributed by atoms with Crippen molar-refractivity contribution in [3.05, 3.63) is 36.4 Å². The highest BCUT2D eigenvalue weighted by molar-refractivity contribution is 5.99. The molecule has 2 aromatic rings. The van der Waals surface area contributed by atoms with Crippen LogP contribution in [0.25, 0.3) is 5.69 Å². The van der Waals surface area contributed by atoms with Crippen molar-refractivity contribution in [2.24, 2.45) is 5.73 Å². The van der Waals surface area contributed by atoms with Crippen LogP contribution in [0.1, 0.15) is 24.2 Å². The molecule has 0 aliphatic heterocycles. The zero-order valence-electron chi connectivity index (χ0n) is 11.1. The Morgan fingerprint density at radius 3 is 2.42 bits per heavy atom. The van der Waals surface area contributed by atoms with E-state index in [2.05, 4.69) is 15.1 Å². The normalized spacial score (nSPS) is 10.4. The van der Waals surface area contributed by atoms with Crippen LogP contribution in [0, 0.1) is 0 Å². The number of aromatic nitrogens is 3. The quantitative estimate of drug-likeness (QED) is 0.875. The Bertz CT molecular complexity index is 560. The number of anilines is 1. The first-order valence-corrected chi connectivity index (χ1v) is 6.21. The van der Waals surface area contributed by atoms with E-state index in [1.807, 2.05) is 26.0 Å². The summed E-state index contributed by atoms with van der Waals surface area (Å²) in [5.41, 5.74) is 7.66. The number of carbonyl (C=O) groups excluding carboxylic acids is 1. The zero-order valence-corrected chi connectivity index (χ0v) is 11.1. The first kappa shape index (κ1) is 13.1. The van der Waals surface area contributed by atoms with Gasteiger partial charge in [-0.25, -0.2) is 0 Å². The molecule has 100 valence electrons. The molecule has 2 rings (SSSR count). The highest BCUT2D eigenvalue weighted by Crippen LogP contribution is 2.23. The van der Waals surface area contributed by atoms with Crippen LogP contribution in [0.3, 0.4) is 0 Å². The number of benzene rings is 1. The van der Waals surface area contributed by atoms with Crippen LogP contribution >= 0.6 is 0 Å². The Balaban J connectivity index is 2.49. The van der Waals surface area contributed by atoms with Crippen LogP contribution in [0.15, 0.2) is 30.9 Å². The van der Waals surface area contributed by atoms with Gasteiger partial charge < -0.3 is 10.6 Å². The second-order valence-corrected chi connectivity index (χ2v) is 4.11. The molecule has 0 aliphatic rings. The van der Waals surface area contributed by atoms with E-state index in [9.17, 15) is 4.79 Å². The van der Waals surface area contributed by atoms with E-state index in [0.29, 0.717) is 5.56 Å². The molecule has 1 amide bonds. The maximum Gasteiger partial charge on any atom is 0.250 e. The Morgan fingerprint density at radius 1 is 1.26 bits per heavy atom. The van der Waals surface area contributed by atoms with Crippen molar-refractivity contribution in [1.29, 1.82) is 0 Å². The molecule has 19 heavy (non-hydrogen) atoms. The van der Waals surface area contributed by atoms with Crippen molar-refractivity contribution in [1.82, 2.24) is 14.8 Å². The molecular formula is C13H17N5O. The molecule has 0 spiro atoms. The van der Waals surface area contributed by atoms with E-state index >= 15 is 0 Å². The van der Waals surface area contributed by atoms with E-state index in [-0.39, 0.29) is 0 Å². The number of hydrogen-bond acceptors (Lipinski definition) is 4. The Morgan fingerprint density at radius 2 is 1.89 bits per heavy atom. The summed E-state index contributed by atoms with van der Waals surface area (Å²) >= 11 is 0. The number of nitrogens with two attached hydrogens (primary N) is 1. The number of nitrogens with zero attached hydrogens (tertiary/aromatic N) is 4. The molecule has 0 atom stereocenters. The van der Waals surface area contributed by atoms with E-state index in [1.54, 1.807) is 23.3 Å². The first-order valence-electron chi connectivity index (χ1n) is 6.21. The van der Waals surface area contributed by atoms with Crippen molar-refractivity contribution >= 4 is 11.6 Å². The Hall–Kier alpha value is -2.37. The third-order valence-electron chi connectivity index (χ3n) is 3.07. The van der Waals surface area contributed by atoms with Gasteiger partial charge in [-0.05, 0) is 32.0 Å². The second-order valence-electron chi connectivity index (χ2n) is 4.11. The van der Waals surface area contributed by atoms with Gasteiger partial charge in [-0.3, -0.25) is 9.36 Å². The minimum atomic E-state index is -0.433. The fraction of sp³-hybridized carbons (Fsp3) is 0.308. The lowest BCUT2D eigenvalue weighted by atomic mass is 10.1. The maximum atomic E-state index is 11.6. The lowest BCUT2D eigenvalue weighted by Gasteiger charge is -2.23. The van der Waals surface area contributed by atoms with Crippen molar-refractivity contribution in [3.8, 4) is 5.69 Å².